The summed E-state index contributed by atoms with van der Waals surface area (Å²) in [6.45, 7) is 4.39. The van der Waals surface area contributed by atoms with E-state index in [-0.39, 0.29) is 0 Å². The van der Waals surface area contributed by atoms with Crippen LogP contribution in [0, 0.1) is 12.8 Å². The number of imidazole rings is 1. The first-order valence-electron chi connectivity index (χ1n) is 7.06. The normalized spacial score (nSPS) is 22.9. The summed E-state index contributed by atoms with van der Waals surface area (Å²) in [5.74, 6) is 1.98. The van der Waals surface area contributed by atoms with Crippen molar-refractivity contribution in [2.24, 2.45) is 5.92 Å². The molecular formula is C14H23N3. The summed E-state index contributed by atoms with van der Waals surface area (Å²) in [5.41, 5.74) is 1.14. The maximum absolute atomic E-state index is 4.66. The minimum Gasteiger partial charge on any atom is -0.353 e. The van der Waals surface area contributed by atoms with Crippen LogP contribution in [0.3, 0.4) is 0 Å². The van der Waals surface area contributed by atoms with E-state index in [1.807, 2.05) is 0 Å². The van der Waals surface area contributed by atoms with Gasteiger partial charge in [0.25, 0.3) is 0 Å². The molecule has 0 radical (unpaired) electrons. The van der Waals surface area contributed by atoms with Crippen molar-refractivity contribution < 1.29 is 0 Å². The lowest BCUT2D eigenvalue weighted by molar-refractivity contribution is 0.518. The number of anilines is 1. The zero-order chi connectivity index (χ0) is 11.8. The van der Waals surface area contributed by atoms with Crippen LogP contribution in [0.15, 0.2) is 6.20 Å². The molecule has 94 valence electrons. The standard InChI is InChI=1S/C14H23N3/c1-10-9-17(13-5-3-4-6-13)14(15-10)16-11(2)12-7-8-12/h9,11-13H,3-8H2,1-2H3,(H,15,16). The Morgan fingerprint density at radius 3 is 2.65 bits per heavy atom. The van der Waals surface area contributed by atoms with Crippen LogP contribution in [0.4, 0.5) is 5.95 Å². The van der Waals surface area contributed by atoms with E-state index in [4.69, 9.17) is 0 Å². The first-order chi connectivity index (χ1) is 8.24. The highest BCUT2D eigenvalue weighted by molar-refractivity contribution is 5.31. The van der Waals surface area contributed by atoms with Crippen LogP contribution >= 0.6 is 0 Å². The number of aromatic nitrogens is 2. The van der Waals surface area contributed by atoms with E-state index in [0.717, 1.165) is 17.6 Å². The molecule has 0 saturated heterocycles. The third kappa shape index (κ3) is 2.33. The van der Waals surface area contributed by atoms with E-state index in [1.165, 1.54) is 38.5 Å². The maximum Gasteiger partial charge on any atom is 0.203 e. The molecule has 2 aliphatic carbocycles. The van der Waals surface area contributed by atoms with Crippen LogP contribution in [-0.4, -0.2) is 15.6 Å². The monoisotopic (exact) mass is 233 g/mol. The Hall–Kier alpha value is -0.990. The Balaban J connectivity index is 1.76. The molecule has 1 atom stereocenters. The number of nitrogens with zero attached hydrogens (tertiary/aromatic N) is 2. The van der Waals surface area contributed by atoms with Gasteiger partial charge in [0.2, 0.25) is 5.95 Å². The zero-order valence-corrected chi connectivity index (χ0v) is 10.9. The molecule has 3 rings (SSSR count). The Labute approximate surface area is 104 Å². The van der Waals surface area contributed by atoms with Crippen molar-refractivity contribution in [3.63, 3.8) is 0 Å². The molecule has 3 heteroatoms. The lowest BCUT2D eigenvalue weighted by Gasteiger charge is -2.19. The van der Waals surface area contributed by atoms with E-state index in [0.29, 0.717) is 12.1 Å². The molecule has 2 fully saturated rings. The van der Waals surface area contributed by atoms with Crippen LogP contribution in [0.1, 0.15) is 57.2 Å². The Morgan fingerprint density at radius 1 is 1.29 bits per heavy atom. The predicted molar refractivity (Wildman–Crippen MR) is 70.3 cm³/mol. The van der Waals surface area contributed by atoms with E-state index in [1.54, 1.807) is 0 Å². The molecule has 1 heterocycles. The van der Waals surface area contributed by atoms with Gasteiger partial charge in [-0.15, -0.1) is 0 Å². The van der Waals surface area contributed by atoms with Gasteiger partial charge in [0.1, 0.15) is 0 Å². The number of hydrogen-bond donors (Lipinski definition) is 1. The van der Waals surface area contributed by atoms with Crippen LogP contribution in [-0.2, 0) is 0 Å². The number of aryl methyl sites for hydroxylation is 1. The van der Waals surface area contributed by atoms with Crippen LogP contribution in [0.2, 0.25) is 0 Å². The Kier molecular flexibility index (Phi) is 2.85. The zero-order valence-electron chi connectivity index (χ0n) is 10.9. The van der Waals surface area contributed by atoms with E-state index in [2.05, 4.69) is 34.9 Å². The maximum atomic E-state index is 4.66. The first-order valence-corrected chi connectivity index (χ1v) is 7.06. The van der Waals surface area contributed by atoms with Gasteiger partial charge in [-0.05, 0) is 45.4 Å². The SMILES string of the molecule is Cc1cn(C2CCCC2)c(NC(C)C2CC2)n1. The van der Waals surface area contributed by atoms with Crippen molar-refractivity contribution >= 4 is 5.95 Å². The highest BCUT2D eigenvalue weighted by atomic mass is 15.2. The summed E-state index contributed by atoms with van der Waals surface area (Å²) in [7, 11) is 0. The minimum atomic E-state index is 0.581. The lowest BCUT2D eigenvalue weighted by Crippen LogP contribution is -2.21. The molecule has 0 spiro atoms. The van der Waals surface area contributed by atoms with E-state index < -0.39 is 0 Å². The number of hydrogen-bond acceptors (Lipinski definition) is 2. The van der Waals surface area contributed by atoms with E-state index >= 15 is 0 Å². The van der Waals surface area contributed by atoms with Crippen molar-refractivity contribution in [3.05, 3.63) is 11.9 Å². The van der Waals surface area contributed by atoms with Gasteiger partial charge in [-0.1, -0.05) is 12.8 Å². The average molecular weight is 233 g/mol. The fourth-order valence-corrected chi connectivity index (χ4v) is 3.00. The second-order valence-corrected chi connectivity index (χ2v) is 5.82. The lowest BCUT2D eigenvalue weighted by atomic mass is 10.2. The van der Waals surface area contributed by atoms with Crippen molar-refractivity contribution in [1.82, 2.24) is 9.55 Å². The highest BCUT2D eigenvalue weighted by Crippen LogP contribution is 2.36. The molecule has 1 aromatic heterocycles. The van der Waals surface area contributed by atoms with Gasteiger partial charge in [0, 0.05) is 18.3 Å². The van der Waals surface area contributed by atoms with Crippen molar-refractivity contribution in [3.8, 4) is 0 Å². The molecular weight excluding hydrogens is 210 g/mol. The molecule has 17 heavy (non-hydrogen) atoms. The van der Waals surface area contributed by atoms with Gasteiger partial charge in [-0.2, -0.15) is 0 Å². The van der Waals surface area contributed by atoms with E-state index in [9.17, 15) is 0 Å². The Morgan fingerprint density at radius 2 is 2.00 bits per heavy atom. The third-order valence-electron chi connectivity index (χ3n) is 4.26. The van der Waals surface area contributed by atoms with Gasteiger partial charge in [-0.3, -0.25) is 0 Å². The molecule has 1 unspecified atom stereocenters. The molecule has 1 N–H and O–H groups in total. The summed E-state index contributed by atoms with van der Waals surface area (Å²) in [4.78, 5) is 4.66. The number of rotatable bonds is 4. The second kappa shape index (κ2) is 4.35. The van der Waals surface area contributed by atoms with Gasteiger partial charge < -0.3 is 9.88 Å². The molecule has 0 bridgehead atoms. The summed E-state index contributed by atoms with van der Waals surface area (Å²) in [6, 6.07) is 1.27. The summed E-state index contributed by atoms with van der Waals surface area (Å²) < 4.78 is 2.39. The van der Waals surface area contributed by atoms with Crippen LogP contribution < -0.4 is 5.32 Å². The van der Waals surface area contributed by atoms with Gasteiger partial charge >= 0.3 is 0 Å². The van der Waals surface area contributed by atoms with Gasteiger partial charge in [-0.25, -0.2) is 4.98 Å². The number of nitrogens with one attached hydrogen (secondary N) is 1. The summed E-state index contributed by atoms with van der Waals surface area (Å²) >= 11 is 0. The smallest absolute Gasteiger partial charge is 0.203 e. The van der Waals surface area contributed by atoms with Crippen LogP contribution in [0.25, 0.3) is 0 Å². The minimum absolute atomic E-state index is 0.581. The van der Waals surface area contributed by atoms with Crippen LogP contribution in [0.5, 0.6) is 0 Å². The van der Waals surface area contributed by atoms with Crippen molar-refractivity contribution in [2.75, 3.05) is 5.32 Å². The summed E-state index contributed by atoms with van der Waals surface area (Å²) in [6.07, 6.45) is 10.4. The third-order valence-corrected chi connectivity index (χ3v) is 4.26. The molecule has 2 aliphatic rings. The topological polar surface area (TPSA) is 29.9 Å². The van der Waals surface area contributed by atoms with Gasteiger partial charge in [0.05, 0.1) is 5.69 Å². The fourth-order valence-electron chi connectivity index (χ4n) is 3.00. The fraction of sp³-hybridized carbons (Fsp3) is 0.786. The molecule has 3 nitrogen and oxygen atoms in total. The van der Waals surface area contributed by atoms with Crippen molar-refractivity contribution in [2.45, 2.75) is 64.5 Å². The molecule has 0 aliphatic heterocycles. The Bertz CT molecular complexity index is 386. The molecule has 0 aromatic carbocycles. The molecule has 1 aromatic rings. The average Bonchev–Trinajstić information content (AvgIpc) is 2.89. The van der Waals surface area contributed by atoms with Crippen molar-refractivity contribution in [1.29, 1.82) is 0 Å². The van der Waals surface area contributed by atoms with Gasteiger partial charge in [0.15, 0.2) is 0 Å². The summed E-state index contributed by atoms with van der Waals surface area (Å²) in [5, 5.41) is 3.62. The quantitative estimate of drug-likeness (QED) is 0.862. The first kappa shape index (κ1) is 11.1. The highest BCUT2D eigenvalue weighted by Gasteiger charge is 2.29. The molecule has 2 saturated carbocycles. The molecule has 0 amide bonds. The predicted octanol–water partition coefficient (Wildman–Crippen LogP) is 3.52. The largest absolute Gasteiger partial charge is 0.353 e. The second-order valence-electron chi connectivity index (χ2n) is 5.82.